The number of piperazine rings is 1. The zero-order valence-electron chi connectivity index (χ0n) is 18.5. The van der Waals surface area contributed by atoms with Crippen LogP contribution in [0, 0.1) is 0 Å². The van der Waals surface area contributed by atoms with Crippen molar-refractivity contribution in [2.45, 2.75) is 63.9 Å². The lowest BCUT2D eigenvalue weighted by Gasteiger charge is -2.35. The van der Waals surface area contributed by atoms with Crippen molar-refractivity contribution in [3.8, 4) is 0 Å². The van der Waals surface area contributed by atoms with Crippen molar-refractivity contribution < 1.29 is 14.3 Å². The van der Waals surface area contributed by atoms with Crippen LogP contribution in [0.2, 0.25) is 0 Å². The number of nitrogens with one attached hydrogen (secondary N) is 1. The number of para-hydroxylation sites is 1. The Labute approximate surface area is 184 Å². The molecule has 1 aromatic carbocycles. The van der Waals surface area contributed by atoms with Gasteiger partial charge in [0.2, 0.25) is 11.8 Å². The molecule has 31 heavy (non-hydrogen) atoms. The van der Waals surface area contributed by atoms with Gasteiger partial charge < -0.3 is 19.5 Å². The first-order valence-corrected chi connectivity index (χ1v) is 11.9. The smallest absolute Gasteiger partial charge is 0.248 e. The second-order valence-corrected chi connectivity index (χ2v) is 8.90. The fourth-order valence-electron chi connectivity index (χ4n) is 4.82. The lowest BCUT2D eigenvalue weighted by atomic mass is 10.1. The molecule has 2 aromatic rings. The molecule has 6 nitrogen and oxygen atoms in total. The van der Waals surface area contributed by atoms with E-state index in [0.29, 0.717) is 32.6 Å². The molecule has 2 amide bonds. The molecule has 4 rings (SSSR count). The van der Waals surface area contributed by atoms with Crippen LogP contribution in [0.25, 0.3) is 10.9 Å². The molecule has 2 fully saturated rings. The van der Waals surface area contributed by atoms with Gasteiger partial charge in [-0.3, -0.25) is 9.59 Å². The number of rotatable bonds is 7. The van der Waals surface area contributed by atoms with Crippen molar-refractivity contribution in [2.24, 2.45) is 0 Å². The molecule has 0 atom stereocenters. The van der Waals surface area contributed by atoms with E-state index in [-0.39, 0.29) is 24.5 Å². The zero-order valence-corrected chi connectivity index (χ0v) is 18.5. The first-order chi connectivity index (χ1) is 15.2. The number of fused-ring (bicyclic) bond motifs is 1. The Kier molecular flexibility index (Phi) is 7.62. The van der Waals surface area contributed by atoms with Crippen LogP contribution in [0.15, 0.2) is 30.5 Å². The summed E-state index contributed by atoms with van der Waals surface area (Å²) in [6.45, 7) is 2.66. The van der Waals surface area contributed by atoms with Crippen molar-refractivity contribution in [2.75, 3.05) is 32.8 Å². The molecule has 1 aromatic heterocycles. The fraction of sp³-hybridized carbons (Fsp3) is 0.600. The van der Waals surface area contributed by atoms with Crippen molar-refractivity contribution in [1.82, 2.24) is 14.8 Å². The largest absolute Gasteiger partial charge is 0.368 e. The molecule has 0 radical (unpaired) electrons. The minimum atomic E-state index is 0.0654. The van der Waals surface area contributed by atoms with Crippen LogP contribution in [0.3, 0.4) is 0 Å². The summed E-state index contributed by atoms with van der Waals surface area (Å²) >= 11 is 0. The minimum absolute atomic E-state index is 0.0654. The summed E-state index contributed by atoms with van der Waals surface area (Å²) in [7, 11) is 0. The number of carbonyl (C=O) groups is 2. The molecular weight excluding hydrogens is 390 g/mol. The topological polar surface area (TPSA) is 65.6 Å². The highest BCUT2D eigenvalue weighted by molar-refractivity contribution is 5.83. The molecule has 1 aliphatic carbocycles. The van der Waals surface area contributed by atoms with Gasteiger partial charge in [0.25, 0.3) is 0 Å². The molecule has 1 aliphatic heterocycles. The third-order valence-electron chi connectivity index (χ3n) is 6.74. The number of hydrogen-bond donors (Lipinski definition) is 1. The monoisotopic (exact) mass is 425 g/mol. The summed E-state index contributed by atoms with van der Waals surface area (Å²) in [4.78, 5) is 32.2. The summed E-state index contributed by atoms with van der Waals surface area (Å²) in [5.41, 5.74) is 2.42. The van der Waals surface area contributed by atoms with Crippen molar-refractivity contribution in [1.29, 1.82) is 0 Å². The fourth-order valence-corrected chi connectivity index (χ4v) is 4.82. The van der Waals surface area contributed by atoms with Crippen LogP contribution in [0.1, 0.15) is 56.9 Å². The third-order valence-corrected chi connectivity index (χ3v) is 6.74. The highest BCUT2D eigenvalue weighted by Gasteiger charge is 2.24. The maximum Gasteiger partial charge on any atom is 0.248 e. The van der Waals surface area contributed by atoms with E-state index < -0.39 is 0 Å². The van der Waals surface area contributed by atoms with E-state index >= 15 is 0 Å². The van der Waals surface area contributed by atoms with E-state index in [9.17, 15) is 9.59 Å². The van der Waals surface area contributed by atoms with E-state index in [2.05, 4.69) is 23.3 Å². The molecule has 0 unspecified atom stereocenters. The summed E-state index contributed by atoms with van der Waals surface area (Å²) in [5, 5.41) is 1.24. The lowest BCUT2D eigenvalue weighted by Crippen LogP contribution is -2.51. The number of nitrogens with zero attached hydrogens (tertiary/aromatic N) is 2. The molecular formula is C25H35N3O3. The second-order valence-electron chi connectivity index (χ2n) is 8.90. The highest BCUT2D eigenvalue weighted by atomic mass is 16.5. The van der Waals surface area contributed by atoms with Crippen LogP contribution in [-0.2, 0) is 20.7 Å². The maximum atomic E-state index is 12.6. The van der Waals surface area contributed by atoms with Gasteiger partial charge in [-0.25, -0.2) is 0 Å². The minimum Gasteiger partial charge on any atom is -0.368 e. The summed E-state index contributed by atoms with van der Waals surface area (Å²) in [6.07, 6.45) is 11.7. The number of benzene rings is 1. The normalized spacial score (nSPS) is 18.3. The van der Waals surface area contributed by atoms with Crippen LogP contribution in [0.4, 0.5) is 0 Å². The van der Waals surface area contributed by atoms with E-state index in [4.69, 9.17) is 4.74 Å². The van der Waals surface area contributed by atoms with Gasteiger partial charge in [-0.1, -0.05) is 43.9 Å². The number of aryl methyl sites for hydroxylation is 1. The SMILES string of the molecule is O=C(CCCc1c[nH]c2ccccc12)N1CCN(C(=O)COC2CCCCCC2)CC1. The van der Waals surface area contributed by atoms with E-state index in [1.165, 1.54) is 36.6 Å². The summed E-state index contributed by atoms with van der Waals surface area (Å²) in [5.74, 6) is 0.261. The van der Waals surface area contributed by atoms with Gasteiger partial charge in [-0.15, -0.1) is 0 Å². The maximum absolute atomic E-state index is 12.6. The lowest BCUT2D eigenvalue weighted by molar-refractivity contribution is -0.144. The average Bonchev–Trinajstić information content (AvgIpc) is 3.03. The van der Waals surface area contributed by atoms with Crippen molar-refractivity contribution in [3.63, 3.8) is 0 Å². The average molecular weight is 426 g/mol. The number of ether oxygens (including phenoxy) is 1. The highest BCUT2D eigenvalue weighted by Crippen LogP contribution is 2.21. The van der Waals surface area contributed by atoms with Crippen LogP contribution < -0.4 is 0 Å². The number of aromatic amines is 1. The Balaban J connectivity index is 1.15. The zero-order chi connectivity index (χ0) is 21.5. The number of hydrogen-bond acceptors (Lipinski definition) is 3. The van der Waals surface area contributed by atoms with Gasteiger partial charge in [0.05, 0.1) is 6.10 Å². The van der Waals surface area contributed by atoms with E-state index in [1.54, 1.807) is 0 Å². The first kappa shape index (κ1) is 21.9. The molecule has 0 spiro atoms. The number of H-pyrrole nitrogens is 1. The molecule has 1 saturated heterocycles. The molecule has 1 N–H and O–H groups in total. The van der Waals surface area contributed by atoms with Crippen molar-refractivity contribution >= 4 is 22.7 Å². The van der Waals surface area contributed by atoms with Gasteiger partial charge >= 0.3 is 0 Å². The summed E-state index contributed by atoms with van der Waals surface area (Å²) in [6, 6.07) is 8.28. The molecule has 168 valence electrons. The first-order valence-electron chi connectivity index (χ1n) is 11.9. The molecule has 2 heterocycles. The molecule has 0 bridgehead atoms. The second kappa shape index (κ2) is 10.8. The van der Waals surface area contributed by atoms with Gasteiger partial charge in [0, 0.05) is 49.7 Å². The molecule has 1 saturated carbocycles. The Hall–Kier alpha value is -2.34. The standard InChI is InChI=1S/C25H35N3O3/c29-24(13-7-8-20-18-26-23-12-6-5-11-22(20)23)27-14-16-28(17-15-27)25(30)19-31-21-9-3-1-2-4-10-21/h5-6,11-12,18,21,26H,1-4,7-10,13-17,19H2. The third kappa shape index (κ3) is 5.88. The van der Waals surface area contributed by atoms with Gasteiger partial charge in [-0.05, 0) is 37.3 Å². The van der Waals surface area contributed by atoms with Crippen LogP contribution >= 0.6 is 0 Å². The number of carbonyl (C=O) groups excluding carboxylic acids is 2. The van der Waals surface area contributed by atoms with Gasteiger partial charge in [-0.2, -0.15) is 0 Å². The van der Waals surface area contributed by atoms with E-state index in [0.717, 1.165) is 31.2 Å². The van der Waals surface area contributed by atoms with Crippen LogP contribution in [0.5, 0.6) is 0 Å². The van der Waals surface area contributed by atoms with Gasteiger partial charge in [0.1, 0.15) is 6.61 Å². The number of amides is 2. The molecule has 6 heteroatoms. The predicted molar refractivity (Wildman–Crippen MR) is 122 cm³/mol. The molecule has 2 aliphatic rings. The van der Waals surface area contributed by atoms with Crippen LogP contribution in [-0.4, -0.2) is 65.5 Å². The van der Waals surface area contributed by atoms with Crippen molar-refractivity contribution in [3.05, 3.63) is 36.0 Å². The predicted octanol–water partition coefficient (Wildman–Crippen LogP) is 3.90. The summed E-state index contributed by atoms with van der Waals surface area (Å²) < 4.78 is 5.90. The Morgan fingerprint density at radius 2 is 1.61 bits per heavy atom. The quantitative estimate of drug-likeness (QED) is 0.684. The number of aromatic nitrogens is 1. The Bertz CT molecular complexity index is 862. The Morgan fingerprint density at radius 1 is 0.935 bits per heavy atom. The van der Waals surface area contributed by atoms with Gasteiger partial charge in [0.15, 0.2) is 0 Å². The van der Waals surface area contributed by atoms with E-state index in [1.807, 2.05) is 21.9 Å². The Morgan fingerprint density at radius 3 is 2.35 bits per heavy atom.